The van der Waals surface area contributed by atoms with Gasteiger partial charge in [-0.3, -0.25) is 4.79 Å². The van der Waals surface area contributed by atoms with Crippen LogP contribution in [-0.4, -0.2) is 17.0 Å². The predicted octanol–water partition coefficient (Wildman–Crippen LogP) is 1.69. The number of aliphatic hydroxyl groups is 1. The van der Waals surface area contributed by atoms with E-state index in [0.717, 1.165) is 19.3 Å². The number of aliphatic hydroxyl groups excluding tert-OH is 1. The Morgan fingerprint density at radius 3 is 2.86 bits per heavy atom. The molecule has 0 aromatic carbocycles. The van der Waals surface area contributed by atoms with Gasteiger partial charge in [-0.15, -0.1) is 11.8 Å². The fourth-order valence-corrected chi connectivity index (χ4v) is 1.38. The van der Waals surface area contributed by atoms with Gasteiger partial charge in [-0.2, -0.15) is 0 Å². The van der Waals surface area contributed by atoms with E-state index in [9.17, 15) is 9.90 Å². The second-order valence-electron chi connectivity index (χ2n) is 3.52. The number of carbonyl (C=O) groups is 1. The fourth-order valence-electron chi connectivity index (χ4n) is 1.38. The quantitative estimate of drug-likeness (QED) is 0.545. The minimum absolute atomic E-state index is 0.00212. The van der Waals surface area contributed by atoms with Crippen LogP contribution in [0.5, 0.6) is 0 Å². The van der Waals surface area contributed by atoms with Crippen LogP contribution in [0.25, 0.3) is 0 Å². The van der Waals surface area contributed by atoms with Gasteiger partial charge in [0.1, 0.15) is 0 Å². The van der Waals surface area contributed by atoms with Gasteiger partial charge < -0.3 is 5.11 Å². The molecule has 76 valence electrons. The third kappa shape index (κ3) is 3.01. The predicted molar refractivity (Wildman–Crippen MR) is 55.6 cm³/mol. The van der Waals surface area contributed by atoms with Gasteiger partial charge in [0.05, 0.1) is 12.0 Å². The first kappa shape index (κ1) is 11.0. The molecule has 0 aliphatic heterocycles. The maximum Gasteiger partial charge on any atom is 0.162 e. The fraction of sp³-hybridized carbons (Fsp3) is 0.583. The topological polar surface area (TPSA) is 37.3 Å². The Balaban J connectivity index is 2.30. The van der Waals surface area contributed by atoms with Crippen molar-refractivity contribution in [3.63, 3.8) is 0 Å². The second kappa shape index (κ2) is 5.62. The molecule has 0 aromatic rings. The summed E-state index contributed by atoms with van der Waals surface area (Å²) in [5.41, 5.74) is 0. The van der Waals surface area contributed by atoms with Crippen molar-refractivity contribution in [2.45, 2.75) is 38.7 Å². The summed E-state index contributed by atoms with van der Waals surface area (Å²) < 4.78 is 0. The van der Waals surface area contributed by atoms with Crippen LogP contribution in [0.3, 0.4) is 0 Å². The molecule has 1 aliphatic rings. The molecule has 1 rings (SSSR count). The first-order valence-electron chi connectivity index (χ1n) is 5.11. The summed E-state index contributed by atoms with van der Waals surface area (Å²) in [6, 6.07) is 0. The number of hydrogen-bond donors (Lipinski definition) is 1. The third-order valence-corrected chi connectivity index (χ3v) is 2.34. The van der Waals surface area contributed by atoms with Crippen LogP contribution in [0.1, 0.15) is 32.6 Å². The Bertz CT molecular complexity index is 280. The molecule has 0 bridgehead atoms. The zero-order valence-electron chi connectivity index (χ0n) is 8.49. The Labute approximate surface area is 85.0 Å². The minimum Gasteiger partial charge on any atom is -0.388 e. The summed E-state index contributed by atoms with van der Waals surface area (Å²) in [5.74, 6) is 5.65. The number of hydrogen-bond acceptors (Lipinski definition) is 2. The second-order valence-corrected chi connectivity index (χ2v) is 3.52. The van der Waals surface area contributed by atoms with Gasteiger partial charge >= 0.3 is 0 Å². The molecule has 2 heteroatoms. The first-order valence-corrected chi connectivity index (χ1v) is 5.11. The smallest absolute Gasteiger partial charge is 0.162 e. The normalized spacial score (nSPS) is 24.9. The summed E-state index contributed by atoms with van der Waals surface area (Å²) >= 11 is 0. The molecule has 0 fully saturated rings. The van der Waals surface area contributed by atoms with Crippen molar-refractivity contribution in [2.75, 3.05) is 0 Å². The molecule has 2 atom stereocenters. The van der Waals surface area contributed by atoms with Crippen LogP contribution in [-0.2, 0) is 4.79 Å². The summed E-state index contributed by atoms with van der Waals surface area (Å²) in [6.45, 7) is 2.12. The minimum atomic E-state index is -0.622. The van der Waals surface area contributed by atoms with E-state index in [0.29, 0.717) is 6.42 Å². The summed E-state index contributed by atoms with van der Waals surface area (Å²) in [5, 5.41) is 9.39. The van der Waals surface area contributed by atoms with Crippen molar-refractivity contribution in [3.8, 4) is 11.8 Å². The van der Waals surface area contributed by atoms with Crippen LogP contribution in [0, 0.1) is 17.8 Å². The molecule has 1 N–H and O–H groups in total. The highest BCUT2D eigenvalue weighted by Crippen LogP contribution is 2.18. The molecule has 0 heterocycles. The molecular formula is C12H16O2. The van der Waals surface area contributed by atoms with Gasteiger partial charge in [0, 0.05) is 12.8 Å². The lowest BCUT2D eigenvalue weighted by Gasteiger charge is -2.07. The van der Waals surface area contributed by atoms with Gasteiger partial charge in [0.2, 0.25) is 0 Å². The highest BCUT2D eigenvalue weighted by molar-refractivity contribution is 5.95. The van der Waals surface area contributed by atoms with E-state index in [-0.39, 0.29) is 11.7 Å². The van der Waals surface area contributed by atoms with Crippen molar-refractivity contribution in [1.82, 2.24) is 0 Å². The number of carbonyl (C=O) groups excluding carboxylic acids is 1. The Morgan fingerprint density at radius 2 is 2.29 bits per heavy atom. The van der Waals surface area contributed by atoms with E-state index in [1.807, 2.05) is 0 Å². The summed E-state index contributed by atoms with van der Waals surface area (Å²) in [6.07, 6.45) is 5.98. The van der Waals surface area contributed by atoms with Crippen LogP contribution < -0.4 is 0 Å². The first-order chi connectivity index (χ1) is 6.75. The SMILES string of the molecule is CCCCC#CCC1C(=O)C=CC1O. The number of allylic oxidation sites excluding steroid dienone is 1. The van der Waals surface area contributed by atoms with E-state index in [4.69, 9.17) is 0 Å². The van der Waals surface area contributed by atoms with E-state index in [2.05, 4.69) is 18.8 Å². The molecule has 0 aromatic heterocycles. The lowest BCUT2D eigenvalue weighted by atomic mass is 10.00. The monoisotopic (exact) mass is 192 g/mol. The van der Waals surface area contributed by atoms with E-state index >= 15 is 0 Å². The van der Waals surface area contributed by atoms with Crippen molar-refractivity contribution in [3.05, 3.63) is 12.2 Å². The maximum atomic E-state index is 11.2. The molecule has 0 amide bonds. The Kier molecular flexibility index (Phi) is 4.42. The Hall–Kier alpha value is -1.07. The van der Waals surface area contributed by atoms with Crippen LogP contribution >= 0.6 is 0 Å². The van der Waals surface area contributed by atoms with Gasteiger partial charge in [0.25, 0.3) is 0 Å². The standard InChI is InChI=1S/C12H16O2/c1-2-3-4-5-6-7-10-11(13)8-9-12(10)14/h8-11,13H,2-4,7H2,1H3. The van der Waals surface area contributed by atoms with Crippen LogP contribution in [0.2, 0.25) is 0 Å². The average Bonchev–Trinajstić information content (AvgIpc) is 2.48. The lowest BCUT2D eigenvalue weighted by molar-refractivity contribution is -0.119. The third-order valence-electron chi connectivity index (χ3n) is 2.34. The van der Waals surface area contributed by atoms with Crippen LogP contribution in [0.15, 0.2) is 12.2 Å². The highest BCUT2D eigenvalue weighted by atomic mass is 16.3. The van der Waals surface area contributed by atoms with Gasteiger partial charge in [-0.25, -0.2) is 0 Å². The van der Waals surface area contributed by atoms with Crippen molar-refractivity contribution in [1.29, 1.82) is 0 Å². The van der Waals surface area contributed by atoms with Crippen molar-refractivity contribution < 1.29 is 9.90 Å². The highest BCUT2D eigenvalue weighted by Gasteiger charge is 2.27. The van der Waals surface area contributed by atoms with Crippen molar-refractivity contribution >= 4 is 5.78 Å². The van der Waals surface area contributed by atoms with Crippen molar-refractivity contribution in [2.24, 2.45) is 5.92 Å². The molecule has 0 saturated carbocycles. The van der Waals surface area contributed by atoms with Gasteiger partial charge in [-0.1, -0.05) is 19.4 Å². The largest absolute Gasteiger partial charge is 0.388 e. The molecular weight excluding hydrogens is 176 g/mol. The molecule has 1 aliphatic carbocycles. The number of ketones is 1. The van der Waals surface area contributed by atoms with E-state index in [1.54, 1.807) is 6.08 Å². The summed E-state index contributed by atoms with van der Waals surface area (Å²) in [7, 11) is 0. The van der Waals surface area contributed by atoms with E-state index in [1.165, 1.54) is 6.08 Å². The number of unbranched alkanes of at least 4 members (excludes halogenated alkanes) is 2. The molecule has 2 unspecified atom stereocenters. The van der Waals surface area contributed by atoms with Gasteiger partial charge in [0.15, 0.2) is 5.78 Å². The molecule has 0 saturated heterocycles. The Morgan fingerprint density at radius 1 is 1.50 bits per heavy atom. The zero-order chi connectivity index (χ0) is 10.4. The molecule has 0 radical (unpaired) electrons. The average molecular weight is 192 g/mol. The molecule has 14 heavy (non-hydrogen) atoms. The lowest BCUT2D eigenvalue weighted by Crippen LogP contribution is -2.19. The number of rotatable bonds is 3. The van der Waals surface area contributed by atoms with Crippen LogP contribution in [0.4, 0.5) is 0 Å². The maximum absolute atomic E-state index is 11.2. The van der Waals surface area contributed by atoms with E-state index < -0.39 is 6.10 Å². The zero-order valence-corrected chi connectivity index (χ0v) is 8.49. The van der Waals surface area contributed by atoms with Gasteiger partial charge in [-0.05, 0) is 12.5 Å². The molecule has 0 spiro atoms. The summed E-state index contributed by atoms with van der Waals surface area (Å²) in [4.78, 5) is 11.2. The molecule has 2 nitrogen and oxygen atoms in total.